The Kier molecular flexibility index (Phi) is 5.91. The Bertz CT molecular complexity index is 1410. The average Bonchev–Trinajstić information content (AvgIpc) is 3.62. The fourth-order valence-corrected chi connectivity index (χ4v) is 5.22. The maximum absolute atomic E-state index is 13.4. The minimum Gasteiger partial charge on any atom is -0.478 e. The Morgan fingerprint density at radius 2 is 1.97 bits per heavy atom. The van der Waals surface area contributed by atoms with Crippen LogP contribution in [0.15, 0.2) is 30.5 Å². The molecule has 2 N–H and O–H groups in total. The number of carbonyl (C=O) groups is 4. The molecule has 11 nitrogen and oxygen atoms in total. The molecule has 0 saturated carbocycles. The molecule has 0 unspecified atom stereocenters. The summed E-state index contributed by atoms with van der Waals surface area (Å²) in [5.74, 6) is -2.36. The third kappa shape index (κ3) is 3.86. The summed E-state index contributed by atoms with van der Waals surface area (Å²) < 4.78 is 6.20. The fourth-order valence-electron chi connectivity index (χ4n) is 5.22. The fraction of sp³-hybridized carbons (Fsp3) is 0.360. The van der Waals surface area contributed by atoms with Crippen LogP contribution in [0.1, 0.15) is 73.3 Å². The number of esters is 1. The van der Waals surface area contributed by atoms with Crippen LogP contribution in [-0.4, -0.2) is 68.1 Å². The molecule has 36 heavy (non-hydrogen) atoms. The number of aromatic nitrogens is 3. The van der Waals surface area contributed by atoms with Gasteiger partial charge in [0.15, 0.2) is 5.65 Å². The summed E-state index contributed by atoms with van der Waals surface area (Å²) in [6, 6.07) is 5.29. The maximum atomic E-state index is 13.4. The van der Waals surface area contributed by atoms with Crippen LogP contribution in [0.5, 0.6) is 0 Å². The highest BCUT2D eigenvalue weighted by Gasteiger charge is 2.36. The normalized spacial score (nSPS) is 18.8. The molecule has 2 aliphatic rings. The molecule has 2 atom stereocenters. The van der Waals surface area contributed by atoms with E-state index in [9.17, 15) is 24.3 Å². The predicted molar refractivity (Wildman–Crippen MR) is 126 cm³/mol. The number of ether oxygens (including phenoxy) is 1. The van der Waals surface area contributed by atoms with E-state index >= 15 is 0 Å². The molecule has 0 spiro atoms. The van der Waals surface area contributed by atoms with Gasteiger partial charge in [-0.1, -0.05) is 6.07 Å². The zero-order valence-electron chi connectivity index (χ0n) is 19.9. The van der Waals surface area contributed by atoms with E-state index in [-0.39, 0.29) is 23.0 Å². The van der Waals surface area contributed by atoms with E-state index in [0.29, 0.717) is 43.4 Å². The summed E-state index contributed by atoms with van der Waals surface area (Å²) in [5.41, 5.74) is 3.27. The summed E-state index contributed by atoms with van der Waals surface area (Å²) in [4.78, 5) is 56.1. The Morgan fingerprint density at radius 1 is 1.17 bits per heavy atom. The largest absolute Gasteiger partial charge is 0.478 e. The van der Waals surface area contributed by atoms with E-state index < -0.39 is 29.8 Å². The summed E-state index contributed by atoms with van der Waals surface area (Å²) in [7, 11) is 1.29. The Balaban J connectivity index is 1.44. The van der Waals surface area contributed by atoms with Crippen molar-refractivity contribution in [3.63, 3.8) is 0 Å². The minimum atomic E-state index is -0.981. The summed E-state index contributed by atoms with van der Waals surface area (Å²) >= 11 is 0. The molecular weight excluding hydrogens is 466 g/mol. The lowest BCUT2D eigenvalue weighted by atomic mass is 9.98. The SMILES string of the molecule is COC(=O)[C@@H]1CCCN1C(=O)c1cc(C(=O)N[C@H]2CCc3c2ccc(C(=O)O)c3C)n2nccc2n1. The smallest absolute Gasteiger partial charge is 0.335 e. The van der Waals surface area contributed by atoms with Gasteiger partial charge in [0, 0.05) is 18.7 Å². The van der Waals surface area contributed by atoms with E-state index in [0.717, 1.165) is 11.1 Å². The first kappa shape index (κ1) is 23.5. The first-order chi connectivity index (χ1) is 17.3. The lowest BCUT2D eigenvalue weighted by Crippen LogP contribution is -2.41. The second-order valence-electron chi connectivity index (χ2n) is 8.98. The Labute approximate surface area is 206 Å². The van der Waals surface area contributed by atoms with Gasteiger partial charge in [0.1, 0.15) is 17.4 Å². The maximum Gasteiger partial charge on any atom is 0.335 e. The Hall–Kier alpha value is -4.28. The second-order valence-corrected chi connectivity index (χ2v) is 8.98. The minimum absolute atomic E-state index is 0.0396. The van der Waals surface area contributed by atoms with Gasteiger partial charge in [-0.3, -0.25) is 9.59 Å². The van der Waals surface area contributed by atoms with E-state index in [1.165, 1.54) is 28.8 Å². The molecule has 5 rings (SSSR count). The lowest BCUT2D eigenvalue weighted by Gasteiger charge is -2.22. The van der Waals surface area contributed by atoms with Crippen LogP contribution in [0, 0.1) is 6.92 Å². The standard InChI is InChI=1S/C25H25N5O6/c1-13-14-7-8-17(16(14)6-5-15(13)24(33)34)28-22(31)20-12-18(27-21-9-10-26-30(20)21)23(32)29-11-3-4-19(29)25(35)36-2/h5-6,9-10,12,17,19H,3-4,7-8,11H2,1-2H3,(H,28,31)(H,33,34)/t17-,19-/m0/s1. The number of carbonyl (C=O) groups excluding carboxylic acids is 3. The summed E-state index contributed by atoms with van der Waals surface area (Å²) in [5, 5.41) is 16.6. The first-order valence-electron chi connectivity index (χ1n) is 11.7. The molecule has 3 heterocycles. The number of hydrogen-bond acceptors (Lipinski definition) is 7. The molecule has 1 aliphatic carbocycles. The number of carboxylic acid groups (broad SMARTS) is 1. The van der Waals surface area contributed by atoms with Crippen LogP contribution < -0.4 is 5.32 Å². The van der Waals surface area contributed by atoms with E-state index in [1.54, 1.807) is 25.1 Å². The molecule has 0 bridgehead atoms. The number of benzene rings is 1. The molecule has 2 aromatic heterocycles. The van der Waals surface area contributed by atoms with Crippen LogP contribution in [0.4, 0.5) is 0 Å². The summed E-state index contributed by atoms with van der Waals surface area (Å²) in [6.07, 6.45) is 3.93. The van der Waals surface area contributed by atoms with Crippen molar-refractivity contribution in [2.75, 3.05) is 13.7 Å². The van der Waals surface area contributed by atoms with Crippen molar-refractivity contribution in [2.24, 2.45) is 0 Å². The molecule has 3 aromatic rings. The number of rotatable bonds is 5. The number of aromatic carboxylic acids is 1. The zero-order chi connectivity index (χ0) is 25.6. The van der Waals surface area contributed by atoms with Gasteiger partial charge in [-0.05, 0) is 55.4 Å². The number of nitrogens with one attached hydrogen (secondary N) is 1. The van der Waals surface area contributed by atoms with Crippen molar-refractivity contribution in [3.8, 4) is 0 Å². The monoisotopic (exact) mass is 491 g/mol. The number of likely N-dealkylation sites (tertiary alicyclic amines) is 1. The van der Waals surface area contributed by atoms with E-state index in [1.807, 2.05) is 0 Å². The quantitative estimate of drug-likeness (QED) is 0.516. The predicted octanol–water partition coefficient (Wildman–Crippen LogP) is 1.93. The van der Waals surface area contributed by atoms with Crippen molar-refractivity contribution >= 4 is 29.4 Å². The molecule has 2 amide bonds. The van der Waals surface area contributed by atoms with E-state index in [2.05, 4.69) is 15.4 Å². The zero-order valence-corrected chi connectivity index (χ0v) is 19.9. The Morgan fingerprint density at radius 3 is 2.72 bits per heavy atom. The van der Waals surface area contributed by atoms with Crippen molar-refractivity contribution in [2.45, 2.75) is 44.7 Å². The van der Waals surface area contributed by atoms with Crippen LogP contribution in [0.3, 0.4) is 0 Å². The molecule has 1 fully saturated rings. The van der Waals surface area contributed by atoms with Crippen molar-refractivity contribution in [1.82, 2.24) is 24.8 Å². The third-order valence-corrected chi connectivity index (χ3v) is 7.03. The molecule has 1 saturated heterocycles. The first-order valence-corrected chi connectivity index (χ1v) is 11.7. The summed E-state index contributed by atoms with van der Waals surface area (Å²) in [6.45, 7) is 2.17. The highest BCUT2D eigenvalue weighted by Crippen LogP contribution is 2.35. The van der Waals surface area contributed by atoms with Crippen LogP contribution >= 0.6 is 0 Å². The van der Waals surface area contributed by atoms with Crippen LogP contribution in [0.2, 0.25) is 0 Å². The molecule has 0 radical (unpaired) electrons. The van der Waals surface area contributed by atoms with Crippen molar-refractivity contribution < 1.29 is 29.0 Å². The van der Waals surface area contributed by atoms with Gasteiger partial charge in [0.25, 0.3) is 11.8 Å². The van der Waals surface area contributed by atoms with Crippen LogP contribution in [-0.2, 0) is 16.0 Å². The van der Waals surface area contributed by atoms with Gasteiger partial charge in [0.05, 0.1) is 24.9 Å². The van der Waals surface area contributed by atoms with E-state index in [4.69, 9.17) is 4.74 Å². The van der Waals surface area contributed by atoms with Crippen LogP contribution in [0.25, 0.3) is 5.65 Å². The number of carboxylic acids is 1. The van der Waals surface area contributed by atoms with Gasteiger partial charge in [0.2, 0.25) is 0 Å². The third-order valence-electron chi connectivity index (χ3n) is 7.03. The molecule has 1 aliphatic heterocycles. The van der Waals surface area contributed by atoms with Gasteiger partial charge in [-0.15, -0.1) is 0 Å². The highest BCUT2D eigenvalue weighted by molar-refractivity contribution is 6.00. The van der Waals surface area contributed by atoms with Crippen molar-refractivity contribution in [3.05, 3.63) is 64.1 Å². The number of nitrogens with zero attached hydrogens (tertiary/aromatic N) is 4. The van der Waals surface area contributed by atoms with Gasteiger partial charge < -0.3 is 20.1 Å². The number of fused-ring (bicyclic) bond motifs is 2. The molecule has 186 valence electrons. The molecule has 1 aromatic carbocycles. The van der Waals surface area contributed by atoms with Gasteiger partial charge in [-0.2, -0.15) is 5.10 Å². The number of methoxy groups -OCH3 is 1. The van der Waals surface area contributed by atoms with Gasteiger partial charge >= 0.3 is 11.9 Å². The number of hydrogen-bond donors (Lipinski definition) is 2. The average molecular weight is 492 g/mol. The topological polar surface area (TPSA) is 143 Å². The highest BCUT2D eigenvalue weighted by atomic mass is 16.5. The molecule has 11 heteroatoms. The lowest BCUT2D eigenvalue weighted by molar-refractivity contribution is -0.145. The number of amides is 2. The second kappa shape index (κ2) is 9.06. The van der Waals surface area contributed by atoms with Crippen molar-refractivity contribution in [1.29, 1.82) is 0 Å². The molecular formula is C25H25N5O6. The van der Waals surface area contributed by atoms with Gasteiger partial charge in [-0.25, -0.2) is 19.1 Å².